The van der Waals surface area contributed by atoms with Crippen molar-refractivity contribution in [2.24, 2.45) is 0 Å². The Kier molecular flexibility index (Phi) is 3.84. The van der Waals surface area contributed by atoms with Crippen LogP contribution in [0.25, 0.3) is 22.2 Å². The quantitative estimate of drug-likeness (QED) is 0.707. The van der Waals surface area contributed by atoms with Crippen LogP contribution in [-0.2, 0) is 6.54 Å². The van der Waals surface area contributed by atoms with Crippen molar-refractivity contribution in [2.45, 2.75) is 13.0 Å². The number of nitrogens with one attached hydrogen (secondary N) is 1. The maximum atomic E-state index is 12.0. The highest BCUT2D eigenvalue weighted by Crippen LogP contribution is 2.21. The van der Waals surface area contributed by atoms with Crippen LogP contribution in [0.5, 0.6) is 0 Å². The number of hydrogen-bond donors (Lipinski definition) is 2. The van der Waals surface area contributed by atoms with E-state index in [2.05, 4.69) is 9.97 Å². The van der Waals surface area contributed by atoms with Crippen LogP contribution in [0.15, 0.2) is 52.3 Å². The highest BCUT2D eigenvalue weighted by molar-refractivity contribution is 5.81. The van der Waals surface area contributed by atoms with Gasteiger partial charge in [0.2, 0.25) is 0 Å². The van der Waals surface area contributed by atoms with Crippen LogP contribution in [-0.4, -0.2) is 26.2 Å². The van der Waals surface area contributed by atoms with Gasteiger partial charge in [-0.3, -0.25) is 14.6 Å². The van der Waals surface area contributed by atoms with Crippen LogP contribution >= 0.6 is 0 Å². The minimum Gasteiger partial charge on any atom is -0.396 e. The van der Waals surface area contributed by atoms with Crippen LogP contribution in [0.3, 0.4) is 0 Å². The molecule has 0 bridgehead atoms. The summed E-state index contributed by atoms with van der Waals surface area (Å²) in [6.45, 7) is 0.274. The van der Waals surface area contributed by atoms with Gasteiger partial charge in [-0.1, -0.05) is 12.1 Å². The van der Waals surface area contributed by atoms with Gasteiger partial charge in [0.1, 0.15) is 0 Å². The molecule has 0 atom stereocenters. The molecule has 2 aromatic heterocycles. The highest BCUT2D eigenvalue weighted by Gasteiger charge is 2.08. The predicted molar refractivity (Wildman–Crippen MR) is 83.8 cm³/mol. The number of rotatable bonds is 4. The van der Waals surface area contributed by atoms with Gasteiger partial charge in [0, 0.05) is 31.1 Å². The number of fused-ring (bicyclic) bond motifs is 1. The molecule has 0 saturated heterocycles. The van der Waals surface area contributed by atoms with E-state index >= 15 is 0 Å². The Balaban J connectivity index is 2.20. The van der Waals surface area contributed by atoms with Gasteiger partial charge in [-0.15, -0.1) is 0 Å². The Morgan fingerprint density at radius 3 is 2.77 bits per heavy atom. The van der Waals surface area contributed by atoms with Crippen molar-refractivity contribution in [3.8, 4) is 11.1 Å². The van der Waals surface area contributed by atoms with Gasteiger partial charge in [-0.2, -0.15) is 0 Å². The highest BCUT2D eigenvalue weighted by atomic mass is 16.3. The van der Waals surface area contributed by atoms with E-state index in [1.807, 2.05) is 24.3 Å². The third kappa shape index (κ3) is 2.56. The summed E-state index contributed by atoms with van der Waals surface area (Å²) in [5.41, 5.74) is 1.81. The molecule has 112 valence electrons. The first-order chi connectivity index (χ1) is 10.7. The number of H-pyrrole nitrogens is 1. The maximum absolute atomic E-state index is 12.0. The molecule has 0 fully saturated rings. The predicted octanol–water partition coefficient (Wildman–Crippen LogP) is 1.13. The van der Waals surface area contributed by atoms with Gasteiger partial charge >= 0.3 is 11.1 Å². The largest absolute Gasteiger partial charge is 0.396 e. The molecule has 0 saturated carbocycles. The van der Waals surface area contributed by atoms with E-state index in [1.54, 1.807) is 18.5 Å². The summed E-state index contributed by atoms with van der Waals surface area (Å²) in [7, 11) is 0. The zero-order valence-corrected chi connectivity index (χ0v) is 11.8. The fourth-order valence-corrected chi connectivity index (χ4v) is 2.44. The van der Waals surface area contributed by atoms with Gasteiger partial charge in [0.05, 0.1) is 11.0 Å². The zero-order valence-electron chi connectivity index (χ0n) is 11.8. The summed E-state index contributed by atoms with van der Waals surface area (Å²) in [5.74, 6) is 0. The summed E-state index contributed by atoms with van der Waals surface area (Å²) in [4.78, 5) is 30.5. The number of aliphatic hydroxyl groups excluding tert-OH is 1. The van der Waals surface area contributed by atoms with Gasteiger partial charge in [0.15, 0.2) is 0 Å². The lowest BCUT2D eigenvalue weighted by Crippen LogP contribution is -2.36. The molecule has 0 aliphatic carbocycles. The Labute approximate surface area is 125 Å². The molecule has 6 heteroatoms. The van der Waals surface area contributed by atoms with Gasteiger partial charge in [-0.05, 0) is 30.2 Å². The smallest absolute Gasteiger partial charge is 0.316 e. The van der Waals surface area contributed by atoms with Crippen molar-refractivity contribution in [1.29, 1.82) is 0 Å². The second kappa shape index (κ2) is 5.95. The SMILES string of the molecule is O=c1[nH]c2cc(-c3cccnc3)ccc2n(CCCO)c1=O. The van der Waals surface area contributed by atoms with E-state index < -0.39 is 11.1 Å². The molecule has 1 aromatic carbocycles. The van der Waals surface area contributed by atoms with Crippen LogP contribution in [0.4, 0.5) is 0 Å². The summed E-state index contributed by atoms with van der Waals surface area (Å²) in [6, 6.07) is 9.26. The van der Waals surface area contributed by atoms with E-state index in [0.29, 0.717) is 24.0 Å². The van der Waals surface area contributed by atoms with Crippen molar-refractivity contribution in [3.05, 3.63) is 63.4 Å². The van der Waals surface area contributed by atoms with E-state index in [-0.39, 0.29) is 6.61 Å². The summed E-state index contributed by atoms with van der Waals surface area (Å²) in [6.07, 6.45) is 3.85. The third-order valence-electron chi connectivity index (χ3n) is 3.51. The van der Waals surface area contributed by atoms with Crippen LogP contribution < -0.4 is 11.1 Å². The first-order valence-electron chi connectivity index (χ1n) is 6.99. The number of aliphatic hydroxyl groups is 1. The van der Waals surface area contributed by atoms with Crippen molar-refractivity contribution >= 4 is 11.0 Å². The van der Waals surface area contributed by atoms with Gasteiger partial charge in [-0.25, -0.2) is 0 Å². The third-order valence-corrected chi connectivity index (χ3v) is 3.51. The molecular weight excluding hydrogens is 282 g/mol. The Hall–Kier alpha value is -2.73. The minimum absolute atomic E-state index is 0.0332. The van der Waals surface area contributed by atoms with E-state index in [0.717, 1.165) is 11.1 Å². The van der Waals surface area contributed by atoms with E-state index in [4.69, 9.17) is 5.11 Å². The summed E-state index contributed by atoms with van der Waals surface area (Å²) >= 11 is 0. The molecule has 0 aliphatic heterocycles. The normalized spacial score (nSPS) is 11.0. The second-order valence-corrected chi connectivity index (χ2v) is 4.96. The Morgan fingerprint density at radius 2 is 2.05 bits per heavy atom. The number of aryl methyl sites for hydroxylation is 1. The van der Waals surface area contributed by atoms with E-state index in [9.17, 15) is 9.59 Å². The molecule has 3 rings (SSSR count). The van der Waals surface area contributed by atoms with Crippen molar-refractivity contribution < 1.29 is 5.11 Å². The fourth-order valence-electron chi connectivity index (χ4n) is 2.44. The Morgan fingerprint density at radius 1 is 1.18 bits per heavy atom. The molecule has 2 N–H and O–H groups in total. The molecular formula is C16H15N3O3. The Bertz CT molecular complexity index is 913. The average molecular weight is 297 g/mol. The molecule has 6 nitrogen and oxygen atoms in total. The second-order valence-electron chi connectivity index (χ2n) is 4.96. The van der Waals surface area contributed by atoms with Crippen LogP contribution in [0, 0.1) is 0 Å². The van der Waals surface area contributed by atoms with Crippen molar-refractivity contribution in [3.63, 3.8) is 0 Å². The number of benzene rings is 1. The fraction of sp³-hybridized carbons (Fsp3) is 0.188. The summed E-state index contributed by atoms with van der Waals surface area (Å²) in [5, 5.41) is 8.94. The standard InChI is InChI=1S/C16H15N3O3/c20-8-2-7-19-14-5-4-11(12-3-1-6-17-10-12)9-13(14)18-15(21)16(19)22/h1,3-6,9-10,20H,2,7-8H2,(H,18,21). The topological polar surface area (TPSA) is 88.0 Å². The number of hydrogen-bond acceptors (Lipinski definition) is 4. The number of pyridine rings is 1. The molecule has 0 amide bonds. The summed E-state index contributed by atoms with van der Waals surface area (Å²) < 4.78 is 1.40. The van der Waals surface area contributed by atoms with Crippen LogP contribution in [0.1, 0.15) is 6.42 Å². The lowest BCUT2D eigenvalue weighted by Gasteiger charge is -2.10. The molecule has 3 aromatic rings. The minimum atomic E-state index is -0.659. The zero-order chi connectivity index (χ0) is 15.5. The molecule has 2 heterocycles. The lowest BCUT2D eigenvalue weighted by atomic mass is 10.1. The molecule has 22 heavy (non-hydrogen) atoms. The number of aromatic amines is 1. The van der Waals surface area contributed by atoms with Gasteiger partial charge < -0.3 is 14.7 Å². The monoisotopic (exact) mass is 297 g/mol. The molecule has 0 spiro atoms. The van der Waals surface area contributed by atoms with Gasteiger partial charge in [0.25, 0.3) is 0 Å². The number of nitrogens with zero attached hydrogens (tertiary/aromatic N) is 2. The molecule has 0 unspecified atom stereocenters. The first kappa shape index (κ1) is 14.2. The van der Waals surface area contributed by atoms with Crippen molar-refractivity contribution in [1.82, 2.24) is 14.5 Å². The van der Waals surface area contributed by atoms with Crippen LogP contribution in [0.2, 0.25) is 0 Å². The van der Waals surface area contributed by atoms with Crippen molar-refractivity contribution in [2.75, 3.05) is 6.61 Å². The maximum Gasteiger partial charge on any atom is 0.316 e. The first-order valence-corrected chi connectivity index (χ1v) is 6.99. The molecule has 0 radical (unpaired) electrons. The number of aromatic nitrogens is 3. The lowest BCUT2D eigenvalue weighted by molar-refractivity contribution is 0.280. The van der Waals surface area contributed by atoms with E-state index in [1.165, 1.54) is 4.57 Å². The molecule has 0 aliphatic rings. The average Bonchev–Trinajstić information content (AvgIpc) is 2.56.